The van der Waals surface area contributed by atoms with Crippen LogP contribution in [-0.4, -0.2) is 30.3 Å². The van der Waals surface area contributed by atoms with Gasteiger partial charge in [-0.05, 0) is 87.0 Å². The maximum absolute atomic E-state index is 15.2. The lowest BCUT2D eigenvalue weighted by Crippen LogP contribution is -2.45. The van der Waals surface area contributed by atoms with E-state index >= 15 is 4.39 Å². The number of rotatable bonds is 5. The van der Waals surface area contributed by atoms with Gasteiger partial charge in [-0.1, -0.05) is 13.0 Å². The molecule has 2 aromatic carbocycles. The van der Waals surface area contributed by atoms with Crippen LogP contribution in [0.2, 0.25) is 0 Å². The minimum absolute atomic E-state index is 0.187. The van der Waals surface area contributed by atoms with Gasteiger partial charge in [-0.25, -0.2) is 9.38 Å². The van der Waals surface area contributed by atoms with Crippen LogP contribution in [0, 0.1) is 5.82 Å². The minimum atomic E-state index is -0.346. The van der Waals surface area contributed by atoms with Crippen molar-refractivity contribution in [2.45, 2.75) is 39.7 Å². The molecule has 7 heteroatoms. The number of aliphatic imine (C=N–C) groups is 1. The van der Waals surface area contributed by atoms with Crippen molar-refractivity contribution in [1.82, 2.24) is 5.32 Å². The molecule has 0 atom stereocenters. The number of allylic oxidation sites excluding steroid dienone is 1. The first kappa shape index (κ1) is 23.1. The molecule has 1 saturated heterocycles. The van der Waals surface area contributed by atoms with Gasteiger partial charge in [0.05, 0.1) is 23.2 Å². The lowest BCUT2D eigenvalue weighted by Gasteiger charge is -2.43. The average molecular weight is 466 g/mol. The van der Waals surface area contributed by atoms with Gasteiger partial charge in [-0.2, -0.15) is 0 Å². The number of ether oxygens (including phenoxy) is 1. The molecule has 1 fully saturated rings. The summed E-state index contributed by atoms with van der Waals surface area (Å²) >= 11 is 1.20. The number of carbonyl (C=O) groups is 1. The van der Waals surface area contributed by atoms with Gasteiger partial charge < -0.3 is 15.0 Å². The van der Waals surface area contributed by atoms with Gasteiger partial charge in [0, 0.05) is 23.4 Å². The van der Waals surface area contributed by atoms with E-state index in [9.17, 15) is 4.79 Å². The van der Waals surface area contributed by atoms with Gasteiger partial charge in [0.1, 0.15) is 11.6 Å². The Balaban J connectivity index is 1.65. The Morgan fingerprint density at radius 1 is 1.24 bits per heavy atom. The highest BCUT2D eigenvalue weighted by Gasteiger charge is 2.32. The van der Waals surface area contributed by atoms with Crippen LogP contribution in [0.4, 0.5) is 15.8 Å². The first-order chi connectivity index (χ1) is 15.7. The molecule has 4 rings (SSSR count). The molecule has 172 valence electrons. The number of nitrogens with one attached hydrogen (secondary N) is 1. The smallest absolute Gasteiger partial charge is 0.264 e. The third-order valence-corrected chi connectivity index (χ3v) is 6.69. The predicted molar refractivity (Wildman–Crippen MR) is 136 cm³/mol. The van der Waals surface area contributed by atoms with Crippen LogP contribution in [0.5, 0.6) is 5.75 Å². The largest absolute Gasteiger partial charge is 0.497 e. The van der Waals surface area contributed by atoms with Crippen molar-refractivity contribution >= 4 is 45.9 Å². The first-order valence-electron chi connectivity index (χ1n) is 11.0. The second-order valence-corrected chi connectivity index (χ2v) is 9.73. The average Bonchev–Trinajstić information content (AvgIpc) is 3.11. The molecule has 0 saturated carbocycles. The summed E-state index contributed by atoms with van der Waals surface area (Å²) in [5.41, 5.74) is 3.89. The molecule has 2 heterocycles. The zero-order valence-corrected chi connectivity index (χ0v) is 20.3. The molecule has 2 aliphatic heterocycles. The van der Waals surface area contributed by atoms with E-state index < -0.39 is 0 Å². The van der Waals surface area contributed by atoms with E-state index in [2.05, 4.69) is 49.0 Å². The van der Waals surface area contributed by atoms with Crippen LogP contribution in [-0.2, 0) is 4.79 Å². The second-order valence-electron chi connectivity index (χ2n) is 8.70. The minimum Gasteiger partial charge on any atom is -0.497 e. The van der Waals surface area contributed by atoms with E-state index in [4.69, 9.17) is 4.74 Å². The number of nitrogens with zero attached hydrogens (tertiary/aromatic N) is 2. The Bertz CT molecular complexity index is 1180. The summed E-state index contributed by atoms with van der Waals surface area (Å²) in [4.78, 5) is 19.6. The number of methoxy groups -OCH3 is 1. The molecule has 33 heavy (non-hydrogen) atoms. The summed E-state index contributed by atoms with van der Waals surface area (Å²) in [6, 6.07) is 10.7. The Morgan fingerprint density at radius 2 is 1.97 bits per heavy atom. The number of amidine groups is 1. The van der Waals surface area contributed by atoms with E-state index in [1.807, 2.05) is 18.2 Å². The molecule has 0 bridgehead atoms. The zero-order valence-electron chi connectivity index (χ0n) is 19.5. The van der Waals surface area contributed by atoms with Crippen LogP contribution in [0.3, 0.4) is 0 Å². The van der Waals surface area contributed by atoms with Crippen LogP contribution < -0.4 is 15.0 Å². The maximum Gasteiger partial charge on any atom is 0.264 e. The molecule has 1 N–H and O–H groups in total. The lowest BCUT2D eigenvalue weighted by molar-refractivity contribution is -0.115. The molecule has 0 aliphatic carbocycles. The van der Waals surface area contributed by atoms with E-state index in [0.29, 0.717) is 21.3 Å². The third-order valence-electron chi connectivity index (χ3n) is 5.78. The summed E-state index contributed by atoms with van der Waals surface area (Å²) in [5.74, 6) is 0.1000. The van der Waals surface area contributed by atoms with E-state index in [1.54, 1.807) is 31.4 Å². The Hall–Kier alpha value is -3.06. The lowest BCUT2D eigenvalue weighted by atomic mass is 9.87. The number of hydrogen-bond acceptors (Lipinski definition) is 5. The molecule has 0 spiro atoms. The number of thioether (sulfide) groups is 1. The quantitative estimate of drug-likeness (QED) is 0.539. The topological polar surface area (TPSA) is 53.9 Å². The van der Waals surface area contributed by atoms with Crippen LogP contribution in [0.1, 0.15) is 45.2 Å². The van der Waals surface area contributed by atoms with E-state index in [0.717, 1.165) is 35.5 Å². The molecule has 5 nitrogen and oxygen atoms in total. The van der Waals surface area contributed by atoms with Gasteiger partial charge in [0.15, 0.2) is 5.17 Å². The number of halogens is 1. The number of fused-ring (bicyclic) bond motifs is 1. The van der Waals surface area contributed by atoms with E-state index in [-0.39, 0.29) is 17.3 Å². The molecular formula is C26H28FN3O2S. The second kappa shape index (κ2) is 9.06. The fraction of sp³-hybridized carbons (Fsp3) is 0.308. The number of anilines is 1. The molecule has 1 amide bonds. The predicted octanol–water partition coefficient (Wildman–Crippen LogP) is 6.14. The highest BCUT2D eigenvalue weighted by Crippen LogP contribution is 2.41. The number of carbonyl (C=O) groups excluding carboxylic acids is 1. The SMILES string of the molecule is CCCN1c2cc(F)c(/C=C3/SC(=Nc4ccc(OC)cc4)NC3=O)cc2C(C)=CC1(C)C. The number of amides is 1. The number of benzene rings is 2. The van der Waals surface area contributed by atoms with Gasteiger partial charge in [-0.15, -0.1) is 0 Å². The Morgan fingerprint density at radius 3 is 2.64 bits per heavy atom. The molecular weight excluding hydrogens is 437 g/mol. The van der Waals surface area contributed by atoms with Crippen molar-refractivity contribution < 1.29 is 13.9 Å². The Kier molecular flexibility index (Phi) is 6.34. The van der Waals surface area contributed by atoms with Crippen LogP contribution in [0.15, 0.2) is 52.4 Å². The molecule has 2 aromatic rings. The normalized spacial score (nSPS) is 19.5. The Labute approximate surface area is 198 Å². The molecule has 0 unspecified atom stereocenters. The van der Waals surface area contributed by atoms with Crippen LogP contribution >= 0.6 is 11.8 Å². The number of hydrogen-bond donors (Lipinski definition) is 1. The fourth-order valence-electron chi connectivity index (χ4n) is 4.25. The third kappa shape index (κ3) is 4.69. The fourth-order valence-corrected chi connectivity index (χ4v) is 5.09. The zero-order chi connectivity index (χ0) is 23.8. The summed E-state index contributed by atoms with van der Waals surface area (Å²) < 4.78 is 20.3. The van der Waals surface area contributed by atoms with Crippen molar-refractivity contribution in [2.75, 3.05) is 18.6 Å². The molecule has 0 radical (unpaired) electrons. The maximum atomic E-state index is 15.2. The van der Waals surface area contributed by atoms with Crippen molar-refractivity contribution in [3.63, 3.8) is 0 Å². The summed E-state index contributed by atoms with van der Waals surface area (Å²) in [7, 11) is 1.60. The molecule has 0 aromatic heterocycles. The van der Waals surface area contributed by atoms with Crippen molar-refractivity contribution in [1.29, 1.82) is 0 Å². The van der Waals surface area contributed by atoms with Gasteiger partial charge in [0.25, 0.3) is 5.91 Å². The van der Waals surface area contributed by atoms with Crippen LogP contribution in [0.25, 0.3) is 11.6 Å². The standard InChI is InChI=1S/C26H28FN3O2S/c1-6-11-30-22-14-21(27)17(12-20(22)16(2)15-26(30,3)4)13-23-24(31)29-25(33-23)28-18-7-9-19(32-5)10-8-18/h7-10,12-15H,6,11H2,1-5H3,(H,28,29,31)/b23-13+. The highest BCUT2D eigenvalue weighted by molar-refractivity contribution is 8.18. The van der Waals surface area contributed by atoms with Crippen molar-refractivity contribution in [3.05, 3.63) is 64.3 Å². The first-order valence-corrected chi connectivity index (χ1v) is 11.8. The summed E-state index contributed by atoms with van der Waals surface area (Å²) in [6.45, 7) is 9.30. The van der Waals surface area contributed by atoms with Crippen molar-refractivity contribution in [3.8, 4) is 5.75 Å². The van der Waals surface area contributed by atoms with E-state index in [1.165, 1.54) is 11.8 Å². The van der Waals surface area contributed by atoms with Gasteiger partial charge in [0.2, 0.25) is 0 Å². The summed E-state index contributed by atoms with van der Waals surface area (Å²) in [6.07, 6.45) is 4.79. The van der Waals surface area contributed by atoms with Gasteiger partial charge in [-0.3, -0.25) is 4.79 Å². The highest BCUT2D eigenvalue weighted by atomic mass is 32.2. The van der Waals surface area contributed by atoms with Crippen molar-refractivity contribution in [2.24, 2.45) is 4.99 Å². The monoisotopic (exact) mass is 465 g/mol. The molecule has 2 aliphatic rings. The van der Waals surface area contributed by atoms with Gasteiger partial charge >= 0.3 is 0 Å². The summed E-state index contributed by atoms with van der Waals surface area (Å²) in [5, 5.41) is 3.22.